The first kappa shape index (κ1) is 13.7. The second-order valence-corrected chi connectivity index (χ2v) is 4.33. The van der Waals surface area contributed by atoms with E-state index in [2.05, 4.69) is 15.0 Å². The summed E-state index contributed by atoms with van der Waals surface area (Å²) in [5.41, 5.74) is -2.18. The fraction of sp³-hybridized carbons (Fsp3) is 0.167. The number of pyridine rings is 2. The van der Waals surface area contributed by atoms with Gasteiger partial charge in [-0.25, -0.2) is 9.97 Å². The Morgan fingerprint density at radius 3 is 2.29 bits per heavy atom. The van der Waals surface area contributed by atoms with Crippen LogP contribution in [-0.4, -0.2) is 15.0 Å². The van der Waals surface area contributed by atoms with Gasteiger partial charge >= 0.3 is 12.4 Å². The molecule has 3 nitrogen and oxygen atoms in total. The van der Waals surface area contributed by atoms with Crippen LogP contribution in [-0.2, 0) is 12.4 Å². The Morgan fingerprint density at radius 2 is 1.67 bits per heavy atom. The van der Waals surface area contributed by atoms with Gasteiger partial charge in [-0.15, -0.1) is 0 Å². The van der Waals surface area contributed by atoms with E-state index in [1.807, 2.05) is 0 Å². The molecule has 3 aromatic heterocycles. The van der Waals surface area contributed by atoms with Crippen LogP contribution in [0.3, 0.4) is 0 Å². The van der Waals surface area contributed by atoms with Crippen molar-refractivity contribution in [1.82, 2.24) is 15.0 Å². The molecule has 0 aliphatic rings. The summed E-state index contributed by atoms with van der Waals surface area (Å²) in [6.45, 7) is 0. The van der Waals surface area contributed by atoms with Gasteiger partial charge in [-0.2, -0.15) is 26.3 Å². The van der Waals surface area contributed by atoms with Crippen LogP contribution in [0.5, 0.6) is 0 Å². The highest BCUT2D eigenvalue weighted by Gasteiger charge is 2.34. The third-order valence-electron chi connectivity index (χ3n) is 2.91. The van der Waals surface area contributed by atoms with Crippen LogP contribution in [0.1, 0.15) is 11.3 Å². The summed E-state index contributed by atoms with van der Waals surface area (Å²) >= 11 is 0. The molecule has 0 amide bonds. The van der Waals surface area contributed by atoms with Crippen molar-refractivity contribution < 1.29 is 26.3 Å². The molecule has 0 aromatic carbocycles. The summed E-state index contributed by atoms with van der Waals surface area (Å²) in [6, 6.07) is 2.59. The van der Waals surface area contributed by atoms with E-state index in [0.29, 0.717) is 6.20 Å². The van der Waals surface area contributed by atoms with Gasteiger partial charge in [-0.3, -0.25) is 0 Å². The summed E-state index contributed by atoms with van der Waals surface area (Å²) < 4.78 is 75.8. The van der Waals surface area contributed by atoms with Gasteiger partial charge in [-0.1, -0.05) is 0 Å². The molecule has 0 spiro atoms. The molecule has 0 aliphatic heterocycles. The number of hydrogen-bond donors (Lipinski definition) is 1. The van der Waals surface area contributed by atoms with E-state index in [1.54, 1.807) is 0 Å². The van der Waals surface area contributed by atoms with E-state index in [0.717, 1.165) is 18.2 Å². The minimum atomic E-state index is -4.67. The van der Waals surface area contributed by atoms with Gasteiger partial charge < -0.3 is 4.98 Å². The molecule has 0 bridgehead atoms. The number of rotatable bonds is 0. The molecule has 0 aliphatic carbocycles. The molecule has 9 heteroatoms. The highest BCUT2D eigenvalue weighted by molar-refractivity contribution is 6.03. The van der Waals surface area contributed by atoms with Gasteiger partial charge in [0.1, 0.15) is 11.3 Å². The molecule has 1 N–H and O–H groups in total. The van der Waals surface area contributed by atoms with Crippen LogP contribution in [0.4, 0.5) is 26.3 Å². The van der Waals surface area contributed by atoms with Crippen molar-refractivity contribution in [3.05, 3.63) is 35.7 Å². The molecule has 110 valence electrons. The zero-order valence-corrected chi connectivity index (χ0v) is 9.97. The predicted octanol–water partition coefficient (Wildman–Crippen LogP) is 4.15. The molecule has 0 saturated carbocycles. The van der Waals surface area contributed by atoms with Crippen molar-refractivity contribution in [1.29, 1.82) is 0 Å². The Hall–Kier alpha value is -2.32. The fourth-order valence-corrected chi connectivity index (χ4v) is 1.95. The average Bonchev–Trinajstić information content (AvgIpc) is 2.73. The molecule has 21 heavy (non-hydrogen) atoms. The van der Waals surface area contributed by atoms with Crippen molar-refractivity contribution in [3.63, 3.8) is 0 Å². The predicted molar refractivity (Wildman–Crippen MR) is 61.4 cm³/mol. The van der Waals surface area contributed by atoms with Gasteiger partial charge in [0, 0.05) is 11.6 Å². The van der Waals surface area contributed by atoms with Gasteiger partial charge in [-0.05, 0) is 18.2 Å². The van der Waals surface area contributed by atoms with Crippen molar-refractivity contribution in [2.45, 2.75) is 12.4 Å². The van der Waals surface area contributed by atoms with Crippen LogP contribution in [0.2, 0.25) is 0 Å². The molecule has 0 unspecified atom stereocenters. The first-order chi connectivity index (χ1) is 9.66. The Bertz CT molecular complexity index is 762. The maximum Gasteiger partial charge on any atom is 0.433 e. The molecule has 0 radical (unpaired) electrons. The van der Waals surface area contributed by atoms with E-state index < -0.39 is 23.6 Å². The molecule has 3 heterocycles. The highest BCUT2D eigenvalue weighted by Crippen LogP contribution is 2.34. The van der Waals surface area contributed by atoms with E-state index >= 15 is 0 Å². The van der Waals surface area contributed by atoms with Crippen LogP contribution in [0.15, 0.2) is 24.4 Å². The fourth-order valence-electron chi connectivity index (χ4n) is 1.95. The van der Waals surface area contributed by atoms with Crippen molar-refractivity contribution >= 4 is 22.1 Å². The van der Waals surface area contributed by atoms with E-state index in [1.165, 1.54) is 0 Å². The third kappa shape index (κ3) is 2.28. The van der Waals surface area contributed by atoms with E-state index in [4.69, 9.17) is 0 Å². The number of alkyl halides is 6. The number of aromatic amines is 1. The number of fused-ring (bicyclic) bond motifs is 3. The topological polar surface area (TPSA) is 41.6 Å². The summed E-state index contributed by atoms with van der Waals surface area (Å²) in [7, 11) is 0. The molecule has 0 atom stereocenters. The van der Waals surface area contributed by atoms with Crippen molar-refractivity contribution in [3.8, 4) is 0 Å². The van der Waals surface area contributed by atoms with Crippen LogP contribution >= 0.6 is 0 Å². The zero-order valence-electron chi connectivity index (χ0n) is 9.97. The molecular weight excluding hydrogens is 300 g/mol. The second-order valence-electron chi connectivity index (χ2n) is 4.33. The SMILES string of the molecule is FC(F)(F)c1cnc2[nH]c3ccc(C(F)(F)F)nc3c2c1. The summed E-state index contributed by atoms with van der Waals surface area (Å²) in [6.07, 6.45) is -8.69. The minimum absolute atomic E-state index is 0.0461. The maximum atomic E-state index is 12.6. The molecular formula is C12H5F6N3. The summed E-state index contributed by atoms with van der Waals surface area (Å²) in [4.78, 5) is 9.60. The first-order valence-corrected chi connectivity index (χ1v) is 5.59. The Labute approximate surface area is 112 Å². The third-order valence-corrected chi connectivity index (χ3v) is 2.91. The lowest BCUT2D eigenvalue weighted by molar-refractivity contribution is -0.141. The second kappa shape index (κ2) is 4.09. The average molecular weight is 305 g/mol. The summed E-state index contributed by atoms with van der Waals surface area (Å²) in [5.74, 6) is 0. The lowest BCUT2D eigenvalue weighted by Gasteiger charge is -2.06. The molecule has 0 saturated heterocycles. The Morgan fingerprint density at radius 1 is 0.952 bits per heavy atom. The quantitative estimate of drug-likeness (QED) is 0.634. The molecule has 3 aromatic rings. The largest absolute Gasteiger partial charge is 0.433 e. The first-order valence-electron chi connectivity index (χ1n) is 5.59. The number of nitrogens with one attached hydrogen (secondary N) is 1. The number of nitrogens with zero attached hydrogens (tertiary/aromatic N) is 2. The Kier molecular flexibility index (Phi) is 2.66. The smallest absolute Gasteiger partial charge is 0.338 e. The van der Waals surface area contributed by atoms with Gasteiger partial charge in [0.25, 0.3) is 0 Å². The van der Waals surface area contributed by atoms with Crippen LogP contribution in [0.25, 0.3) is 22.1 Å². The standard InChI is InChI=1S/C12H5F6N3/c13-11(14,15)5-3-6-9-7(20-10(6)19-4-5)1-2-8(21-9)12(16,17)18/h1-4H,(H,19,20). The van der Waals surface area contributed by atoms with Crippen LogP contribution in [0, 0.1) is 0 Å². The van der Waals surface area contributed by atoms with Gasteiger partial charge in [0.2, 0.25) is 0 Å². The van der Waals surface area contributed by atoms with E-state index in [9.17, 15) is 26.3 Å². The van der Waals surface area contributed by atoms with E-state index in [-0.39, 0.29) is 22.1 Å². The zero-order chi connectivity index (χ0) is 15.4. The number of halogens is 6. The number of aromatic nitrogens is 3. The number of hydrogen-bond acceptors (Lipinski definition) is 2. The monoisotopic (exact) mass is 305 g/mol. The lowest BCUT2D eigenvalue weighted by atomic mass is 10.2. The van der Waals surface area contributed by atoms with Crippen molar-refractivity contribution in [2.75, 3.05) is 0 Å². The summed E-state index contributed by atoms with van der Waals surface area (Å²) in [5, 5.41) is -0.106. The van der Waals surface area contributed by atoms with Crippen molar-refractivity contribution in [2.24, 2.45) is 0 Å². The van der Waals surface area contributed by atoms with Gasteiger partial charge in [0.15, 0.2) is 0 Å². The molecule has 3 rings (SSSR count). The number of H-pyrrole nitrogens is 1. The lowest BCUT2D eigenvalue weighted by Crippen LogP contribution is -2.07. The minimum Gasteiger partial charge on any atom is -0.338 e. The Balaban J connectivity index is 2.31. The highest BCUT2D eigenvalue weighted by atomic mass is 19.4. The normalized spacial score (nSPS) is 13.2. The maximum absolute atomic E-state index is 12.6. The van der Waals surface area contributed by atoms with Crippen LogP contribution < -0.4 is 0 Å². The van der Waals surface area contributed by atoms with Gasteiger partial charge in [0.05, 0.1) is 16.6 Å². The molecule has 0 fully saturated rings.